The molecule has 0 saturated heterocycles. The maximum atomic E-state index is 14.4. The maximum absolute atomic E-state index is 14.4. The molecule has 0 heterocycles. The highest BCUT2D eigenvalue weighted by atomic mass is 19.1. The van der Waals surface area contributed by atoms with Gasteiger partial charge in [-0.1, -0.05) is 18.9 Å². The summed E-state index contributed by atoms with van der Waals surface area (Å²) in [6.07, 6.45) is 2.97. The quantitative estimate of drug-likeness (QED) is 0.702. The van der Waals surface area contributed by atoms with Crippen molar-refractivity contribution in [2.24, 2.45) is 0 Å². The van der Waals surface area contributed by atoms with Gasteiger partial charge in [0.05, 0.1) is 13.5 Å². The Bertz CT molecular complexity index is 900. The molecule has 1 amide bonds. The van der Waals surface area contributed by atoms with Crippen molar-refractivity contribution in [2.45, 2.75) is 44.4 Å². The Kier molecular flexibility index (Phi) is 6.30. The number of benzene rings is 2. The lowest BCUT2D eigenvalue weighted by atomic mass is 9.78. The third-order valence-electron chi connectivity index (χ3n) is 5.72. The largest absolute Gasteiger partial charge is 0.496 e. The number of carbonyl (C=O) groups is 2. The fourth-order valence-corrected chi connectivity index (χ4v) is 4.21. The summed E-state index contributed by atoms with van der Waals surface area (Å²) in [4.78, 5) is 24.3. The van der Waals surface area contributed by atoms with Gasteiger partial charge in [-0.25, -0.2) is 8.78 Å². The van der Waals surface area contributed by atoms with Crippen LogP contribution in [0.1, 0.15) is 54.1 Å². The highest BCUT2D eigenvalue weighted by Gasteiger charge is 2.40. The number of hydrogen-bond donors (Lipinski definition) is 1. The van der Waals surface area contributed by atoms with Crippen molar-refractivity contribution in [3.05, 3.63) is 64.7 Å². The summed E-state index contributed by atoms with van der Waals surface area (Å²) in [6.45, 7) is 1.62. The summed E-state index contributed by atoms with van der Waals surface area (Å²) >= 11 is 0. The van der Waals surface area contributed by atoms with Crippen molar-refractivity contribution in [3.63, 3.8) is 0 Å². The standard InChI is InChI=1S/C23H25F2NO3/c1-15(27)16-8-9-20(29-2)17(12-16)13-21(28)26-14-23(10-3-4-11-23)22-18(24)6-5-7-19(22)25/h5-9,12H,3-4,10-11,13-14H2,1-2H3,(H,26,28). The number of nitrogens with one attached hydrogen (secondary N) is 1. The van der Waals surface area contributed by atoms with E-state index in [9.17, 15) is 18.4 Å². The number of carbonyl (C=O) groups excluding carboxylic acids is 2. The maximum Gasteiger partial charge on any atom is 0.224 e. The van der Waals surface area contributed by atoms with Gasteiger partial charge in [-0.2, -0.15) is 0 Å². The molecule has 2 aromatic carbocycles. The van der Waals surface area contributed by atoms with E-state index in [0.29, 0.717) is 29.7 Å². The van der Waals surface area contributed by atoms with Gasteiger partial charge >= 0.3 is 0 Å². The number of rotatable bonds is 7. The average molecular weight is 401 g/mol. The van der Waals surface area contributed by atoms with E-state index in [4.69, 9.17) is 4.74 Å². The molecule has 0 atom stereocenters. The van der Waals surface area contributed by atoms with E-state index in [1.807, 2.05) is 0 Å². The first-order chi connectivity index (χ1) is 13.9. The summed E-state index contributed by atoms with van der Waals surface area (Å²) in [5.74, 6) is -1.02. The van der Waals surface area contributed by atoms with Crippen molar-refractivity contribution in [1.29, 1.82) is 0 Å². The zero-order valence-electron chi connectivity index (χ0n) is 16.7. The molecule has 2 aromatic rings. The van der Waals surface area contributed by atoms with Crippen LogP contribution in [0.25, 0.3) is 0 Å². The second-order valence-electron chi connectivity index (χ2n) is 7.62. The molecule has 154 valence electrons. The van der Waals surface area contributed by atoms with Gasteiger partial charge in [0.1, 0.15) is 17.4 Å². The van der Waals surface area contributed by atoms with Crippen LogP contribution in [-0.4, -0.2) is 25.3 Å². The third-order valence-corrected chi connectivity index (χ3v) is 5.72. The second-order valence-corrected chi connectivity index (χ2v) is 7.62. The lowest BCUT2D eigenvalue weighted by Gasteiger charge is -2.30. The Morgan fingerprint density at radius 1 is 1.10 bits per heavy atom. The Labute approximate surface area is 169 Å². The topological polar surface area (TPSA) is 55.4 Å². The van der Waals surface area contributed by atoms with Crippen LogP contribution < -0.4 is 10.1 Å². The van der Waals surface area contributed by atoms with Crippen molar-refractivity contribution >= 4 is 11.7 Å². The normalized spacial score (nSPS) is 15.2. The lowest BCUT2D eigenvalue weighted by Crippen LogP contribution is -2.40. The number of ether oxygens (including phenoxy) is 1. The van der Waals surface area contributed by atoms with Gasteiger partial charge in [-0.3, -0.25) is 9.59 Å². The SMILES string of the molecule is COc1ccc(C(C)=O)cc1CC(=O)NCC1(c2c(F)cccc2F)CCCC1. The van der Waals surface area contributed by atoms with Crippen molar-refractivity contribution in [3.8, 4) is 5.75 Å². The van der Waals surface area contributed by atoms with Gasteiger partial charge in [0, 0.05) is 28.7 Å². The molecule has 4 nitrogen and oxygen atoms in total. The molecular formula is C23H25F2NO3. The minimum atomic E-state index is -0.740. The molecule has 29 heavy (non-hydrogen) atoms. The number of halogens is 2. The predicted molar refractivity (Wildman–Crippen MR) is 106 cm³/mol. The first-order valence-electron chi connectivity index (χ1n) is 9.75. The van der Waals surface area contributed by atoms with Gasteiger partial charge in [0.25, 0.3) is 0 Å². The molecule has 0 spiro atoms. The molecule has 0 unspecified atom stereocenters. The molecule has 0 bridgehead atoms. The Balaban J connectivity index is 1.77. The monoisotopic (exact) mass is 401 g/mol. The minimum absolute atomic E-state index is 0.0140. The van der Waals surface area contributed by atoms with E-state index in [1.54, 1.807) is 18.2 Å². The van der Waals surface area contributed by atoms with Gasteiger partial charge in [0.15, 0.2) is 5.78 Å². The highest BCUT2D eigenvalue weighted by Crippen LogP contribution is 2.42. The average Bonchev–Trinajstić information content (AvgIpc) is 3.16. The predicted octanol–water partition coefficient (Wildman–Crippen LogP) is 4.35. The summed E-state index contributed by atoms with van der Waals surface area (Å²) in [6, 6.07) is 8.83. The zero-order chi connectivity index (χ0) is 21.0. The fourth-order valence-electron chi connectivity index (χ4n) is 4.21. The first-order valence-corrected chi connectivity index (χ1v) is 9.75. The summed E-state index contributed by atoms with van der Waals surface area (Å²) in [7, 11) is 1.50. The molecular weight excluding hydrogens is 376 g/mol. The minimum Gasteiger partial charge on any atom is -0.496 e. The van der Waals surface area contributed by atoms with Crippen LogP contribution in [0.15, 0.2) is 36.4 Å². The van der Waals surface area contributed by atoms with E-state index < -0.39 is 17.0 Å². The molecule has 3 rings (SSSR count). The molecule has 0 aliphatic heterocycles. The van der Waals surface area contributed by atoms with Gasteiger partial charge in [-0.15, -0.1) is 0 Å². The summed E-state index contributed by atoms with van der Waals surface area (Å²) in [5.41, 5.74) is 0.412. The molecule has 0 aromatic heterocycles. The number of hydrogen-bond acceptors (Lipinski definition) is 3. The van der Waals surface area contributed by atoms with Crippen LogP contribution in [0.2, 0.25) is 0 Å². The van der Waals surface area contributed by atoms with Crippen LogP contribution in [0.3, 0.4) is 0 Å². The fraction of sp³-hybridized carbons (Fsp3) is 0.391. The van der Waals surface area contributed by atoms with Gasteiger partial charge in [-0.05, 0) is 50.1 Å². The molecule has 1 saturated carbocycles. The van der Waals surface area contributed by atoms with Crippen molar-refractivity contribution < 1.29 is 23.1 Å². The smallest absolute Gasteiger partial charge is 0.224 e. The number of methoxy groups -OCH3 is 1. The number of Topliss-reactive ketones (excluding diaryl/α,β-unsaturated/α-hetero) is 1. The van der Waals surface area contributed by atoms with Crippen LogP contribution in [-0.2, 0) is 16.6 Å². The third kappa shape index (κ3) is 4.47. The molecule has 1 aliphatic rings. The van der Waals surface area contributed by atoms with Crippen LogP contribution in [0, 0.1) is 11.6 Å². The van der Waals surface area contributed by atoms with E-state index >= 15 is 0 Å². The Hall–Kier alpha value is -2.76. The van der Waals surface area contributed by atoms with E-state index in [1.165, 1.54) is 32.2 Å². The van der Waals surface area contributed by atoms with Crippen LogP contribution in [0.4, 0.5) is 8.78 Å². The number of ketones is 1. The zero-order valence-corrected chi connectivity index (χ0v) is 16.7. The van der Waals surface area contributed by atoms with Gasteiger partial charge in [0.2, 0.25) is 5.91 Å². The van der Waals surface area contributed by atoms with Gasteiger partial charge < -0.3 is 10.1 Å². The Morgan fingerprint density at radius 2 is 1.76 bits per heavy atom. The van der Waals surface area contributed by atoms with Crippen molar-refractivity contribution in [1.82, 2.24) is 5.32 Å². The van der Waals surface area contributed by atoms with Crippen LogP contribution in [0.5, 0.6) is 5.75 Å². The molecule has 1 fully saturated rings. The molecule has 6 heteroatoms. The first kappa shape index (κ1) is 21.0. The highest BCUT2D eigenvalue weighted by molar-refractivity contribution is 5.94. The van der Waals surface area contributed by atoms with Crippen molar-refractivity contribution in [2.75, 3.05) is 13.7 Å². The number of amides is 1. The van der Waals surface area contributed by atoms with E-state index in [-0.39, 0.29) is 30.2 Å². The van der Waals surface area contributed by atoms with Crippen LogP contribution >= 0.6 is 0 Å². The van der Waals surface area contributed by atoms with E-state index in [2.05, 4.69) is 5.32 Å². The molecule has 0 radical (unpaired) electrons. The Morgan fingerprint density at radius 3 is 2.34 bits per heavy atom. The lowest BCUT2D eigenvalue weighted by molar-refractivity contribution is -0.120. The summed E-state index contributed by atoms with van der Waals surface area (Å²) < 4.78 is 34.2. The van der Waals surface area contributed by atoms with E-state index in [0.717, 1.165) is 12.8 Å². The molecule has 1 aliphatic carbocycles. The molecule has 1 N–H and O–H groups in total. The summed E-state index contributed by atoms with van der Waals surface area (Å²) in [5, 5.41) is 2.85. The second kappa shape index (κ2) is 8.72.